The molecule has 0 heterocycles. The zero-order valence-electron chi connectivity index (χ0n) is 12.4. The van der Waals surface area contributed by atoms with E-state index in [9.17, 15) is 9.59 Å². The lowest BCUT2D eigenvalue weighted by molar-refractivity contribution is -0.148. The summed E-state index contributed by atoms with van der Waals surface area (Å²) in [6, 6.07) is 5.05. The fourth-order valence-electron chi connectivity index (χ4n) is 1.52. The molecule has 1 aromatic rings. The Balaban J connectivity index is 2.91. The molecule has 6 nitrogen and oxygen atoms in total. The van der Waals surface area contributed by atoms with E-state index in [-0.39, 0.29) is 0 Å². The number of benzene rings is 1. The summed E-state index contributed by atoms with van der Waals surface area (Å²) in [6.45, 7) is 1.58. The molecule has 0 radical (unpaired) electrons. The molecule has 0 unspecified atom stereocenters. The first-order valence-corrected chi connectivity index (χ1v) is 6.20. The SMILES string of the molecule is COC(=O)/C=C/c1ccc(O[C@H](C)C(=O)OC)c(OC)c1. The molecule has 0 aliphatic carbocycles. The van der Waals surface area contributed by atoms with Crippen LogP contribution in [0.5, 0.6) is 11.5 Å². The van der Waals surface area contributed by atoms with Crippen LogP contribution in [-0.4, -0.2) is 39.4 Å². The van der Waals surface area contributed by atoms with Crippen LogP contribution >= 0.6 is 0 Å². The quantitative estimate of drug-likeness (QED) is 0.589. The second-order valence-electron chi connectivity index (χ2n) is 4.05. The Morgan fingerprint density at radius 2 is 1.81 bits per heavy atom. The first-order valence-electron chi connectivity index (χ1n) is 6.20. The summed E-state index contributed by atoms with van der Waals surface area (Å²) in [5.41, 5.74) is 0.732. The number of methoxy groups -OCH3 is 3. The molecule has 114 valence electrons. The molecular formula is C15H18O6. The lowest BCUT2D eigenvalue weighted by Crippen LogP contribution is -2.25. The Morgan fingerprint density at radius 1 is 1.10 bits per heavy atom. The van der Waals surface area contributed by atoms with E-state index >= 15 is 0 Å². The van der Waals surface area contributed by atoms with E-state index in [0.717, 1.165) is 5.56 Å². The maximum absolute atomic E-state index is 11.3. The first-order chi connectivity index (χ1) is 10.0. The van der Waals surface area contributed by atoms with Gasteiger partial charge < -0.3 is 18.9 Å². The number of carbonyl (C=O) groups is 2. The Kier molecular flexibility index (Phi) is 6.26. The van der Waals surface area contributed by atoms with E-state index in [4.69, 9.17) is 9.47 Å². The molecule has 0 fully saturated rings. The molecular weight excluding hydrogens is 276 g/mol. The number of rotatable bonds is 6. The minimum Gasteiger partial charge on any atom is -0.493 e. The van der Waals surface area contributed by atoms with E-state index in [1.807, 2.05) is 0 Å². The number of carbonyl (C=O) groups excluding carboxylic acids is 2. The molecule has 0 amide bonds. The Labute approximate surface area is 123 Å². The van der Waals surface area contributed by atoms with Crippen LogP contribution in [-0.2, 0) is 19.1 Å². The van der Waals surface area contributed by atoms with Crippen LogP contribution in [0.2, 0.25) is 0 Å². The average Bonchev–Trinajstić information content (AvgIpc) is 2.52. The van der Waals surface area contributed by atoms with Gasteiger partial charge in [0.15, 0.2) is 17.6 Å². The molecule has 1 aromatic carbocycles. The van der Waals surface area contributed by atoms with Gasteiger partial charge in [-0.25, -0.2) is 9.59 Å². The highest BCUT2D eigenvalue weighted by molar-refractivity contribution is 5.87. The predicted molar refractivity (Wildman–Crippen MR) is 76.2 cm³/mol. The summed E-state index contributed by atoms with van der Waals surface area (Å²) in [5, 5.41) is 0. The third-order valence-corrected chi connectivity index (χ3v) is 2.64. The topological polar surface area (TPSA) is 71.1 Å². The Morgan fingerprint density at radius 3 is 2.38 bits per heavy atom. The normalized spacial score (nSPS) is 11.8. The van der Waals surface area contributed by atoms with Crippen molar-refractivity contribution in [1.29, 1.82) is 0 Å². The van der Waals surface area contributed by atoms with Gasteiger partial charge >= 0.3 is 11.9 Å². The number of hydrogen-bond donors (Lipinski definition) is 0. The molecule has 0 saturated heterocycles. The Hall–Kier alpha value is -2.50. The summed E-state index contributed by atoms with van der Waals surface area (Å²) in [4.78, 5) is 22.4. The van der Waals surface area contributed by atoms with E-state index in [1.165, 1.54) is 27.4 Å². The van der Waals surface area contributed by atoms with Gasteiger partial charge in [0.05, 0.1) is 21.3 Å². The second-order valence-corrected chi connectivity index (χ2v) is 4.05. The van der Waals surface area contributed by atoms with E-state index < -0.39 is 18.0 Å². The van der Waals surface area contributed by atoms with Crippen molar-refractivity contribution in [2.45, 2.75) is 13.0 Å². The van der Waals surface area contributed by atoms with Crippen LogP contribution in [0, 0.1) is 0 Å². The molecule has 1 atom stereocenters. The molecule has 0 aliphatic heterocycles. The largest absolute Gasteiger partial charge is 0.493 e. The van der Waals surface area contributed by atoms with Gasteiger partial charge in [0.1, 0.15) is 0 Å². The molecule has 0 saturated carbocycles. The van der Waals surface area contributed by atoms with E-state index in [2.05, 4.69) is 9.47 Å². The van der Waals surface area contributed by atoms with Gasteiger partial charge in [-0.3, -0.25) is 0 Å². The van der Waals surface area contributed by atoms with Crippen molar-refractivity contribution in [3.8, 4) is 11.5 Å². The highest BCUT2D eigenvalue weighted by atomic mass is 16.6. The van der Waals surface area contributed by atoms with Gasteiger partial charge in [-0.2, -0.15) is 0 Å². The zero-order chi connectivity index (χ0) is 15.8. The molecule has 0 aromatic heterocycles. The summed E-state index contributed by atoms with van der Waals surface area (Å²) >= 11 is 0. The fraction of sp³-hybridized carbons (Fsp3) is 0.333. The third-order valence-electron chi connectivity index (χ3n) is 2.64. The monoisotopic (exact) mass is 294 g/mol. The fourth-order valence-corrected chi connectivity index (χ4v) is 1.52. The lowest BCUT2D eigenvalue weighted by Gasteiger charge is -2.15. The average molecular weight is 294 g/mol. The van der Waals surface area contributed by atoms with Crippen LogP contribution in [0.15, 0.2) is 24.3 Å². The molecule has 21 heavy (non-hydrogen) atoms. The number of hydrogen-bond acceptors (Lipinski definition) is 6. The van der Waals surface area contributed by atoms with Crippen LogP contribution in [0.3, 0.4) is 0 Å². The van der Waals surface area contributed by atoms with Gasteiger partial charge in [-0.15, -0.1) is 0 Å². The molecule has 6 heteroatoms. The van der Waals surface area contributed by atoms with Gasteiger partial charge in [0, 0.05) is 6.08 Å². The van der Waals surface area contributed by atoms with Crippen molar-refractivity contribution in [1.82, 2.24) is 0 Å². The van der Waals surface area contributed by atoms with Crippen molar-refractivity contribution >= 4 is 18.0 Å². The van der Waals surface area contributed by atoms with Crippen LogP contribution in [0.25, 0.3) is 6.08 Å². The molecule has 0 aliphatic rings. The minimum absolute atomic E-state index is 0.408. The Bertz CT molecular complexity index is 535. The van der Waals surface area contributed by atoms with Crippen molar-refractivity contribution < 1.29 is 28.5 Å². The highest BCUT2D eigenvalue weighted by Gasteiger charge is 2.17. The van der Waals surface area contributed by atoms with E-state index in [0.29, 0.717) is 11.5 Å². The minimum atomic E-state index is -0.750. The van der Waals surface area contributed by atoms with Crippen molar-refractivity contribution in [2.75, 3.05) is 21.3 Å². The summed E-state index contributed by atoms with van der Waals surface area (Å²) in [7, 11) is 4.08. The van der Waals surface area contributed by atoms with Gasteiger partial charge in [-0.05, 0) is 30.7 Å². The highest BCUT2D eigenvalue weighted by Crippen LogP contribution is 2.29. The van der Waals surface area contributed by atoms with Crippen LogP contribution in [0.1, 0.15) is 12.5 Å². The molecule has 0 spiro atoms. The van der Waals surface area contributed by atoms with E-state index in [1.54, 1.807) is 31.2 Å². The molecule has 1 rings (SSSR count). The summed E-state index contributed by atoms with van der Waals surface area (Å²) in [6.07, 6.45) is 2.13. The zero-order valence-corrected chi connectivity index (χ0v) is 12.4. The van der Waals surface area contributed by atoms with Gasteiger partial charge in [0.2, 0.25) is 0 Å². The maximum atomic E-state index is 11.3. The van der Waals surface area contributed by atoms with Crippen LogP contribution in [0.4, 0.5) is 0 Å². The lowest BCUT2D eigenvalue weighted by atomic mass is 10.2. The number of ether oxygens (including phenoxy) is 4. The van der Waals surface area contributed by atoms with Gasteiger partial charge in [-0.1, -0.05) is 6.07 Å². The number of esters is 2. The molecule has 0 bridgehead atoms. The first kappa shape index (κ1) is 16.6. The maximum Gasteiger partial charge on any atom is 0.346 e. The standard InChI is InChI=1S/C15H18O6/c1-10(15(17)20-4)21-12-7-5-11(9-13(12)18-2)6-8-14(16)19-3/h5-10H,1-4H3/b8-6+/t10-/m1/s1. The second kappa shape index (κ2) is 7.94. The van der Waals surface area contributed by atoms with Crippen LogP contribution < -0.4 is 9.47 Å². The summed E-state index contributed by atoms with van der Waals surface area (Å²) < 4.78 is 19.8. The third kappa shape index (κ3) is 4.83. The van der Waals surface area contributed by atoms with Gasteiger partial charge in [0.25, 0.3) is 0 Å². The smallest absolute Gasteiger partial charge is 0.346 e. The summed E-state index contributed by atoms with van der Waals surface area (Å²) in [5.74, 6) is -0.0799. The molecule has 0 N–H and O–H groups in total. The predicted octanol–water partition coefficient (Wildman–Crippen LogP) is 1.82. The van der Waals surface area contributed by atoms with Crippen molar-refractivity contribution in [3.63, 3.8) is 0 Å². The van der Waals surface area contributed by atoms with Crippen molar-refractivity contribution in [2.24, 2.45) is 0 Å². The van der Waals surface area contributed by atoms with Crippen molar-refractivity contribution in [3.05, 3.63) is 29.8 Å².